The van der Waals surface area contributed by atoms with E-state index in [0.717, 1.165) is 80.6 Å². The summed E-state index contributed by atoms with van der Waals surface area (Å²) in [4.78, 5) is 0. The Labute approximate surface area is 647 Å². The zero-order chi connectivity index (χ0) is 77.5. The Hall–Kier alpha value is -14.7. The monoisotopic (exact) mass is 1430 g/mol. The molecule has 0 aliphatic heterocycles. The van der Waals surface area contributed by atoms with Crippen LogP contribution in [0.2, 0.25) is 0 Å². The van der Waals surface area contributed by atoms with Gasteiger partial charge in [0.15, 0.2) is 0 Å². The van der Waals surface area contributed by atoms with Crippen LogP contribution in [-0.2, 0) is 0 Å². The van der Waals surface area contributed by atoms with Crippen molar-refractivity contribution < 1.29 is 39.4 Å². The van der Waals surface area contributed by atoms with Gasteiger partial charge in [0, 0.05) is 113 Å². The number of phenolic OH excluding ortho intramolecular Hbond substituents is 4. The van der Waals surface area contributed by atoms with E-state index >= 15 is 0 Å². The maximum atomic E-state index is 11.4. The summed E-state index contributed by atoms with van der Waals surface area (Å²) in [5.74, 6) is 1.72. The standard InChI is InChI=1S/C102H76O8/c1-11-39-107-99-65-87-31-23-79-47-69(5)43-75(55-79)19-15-16-20-76-44-70(6)48-80(56-76)25-33-89-67-101(109-41-13-3)93(63-97(89)105)37-29-85-53-74(10)54-86(60-85)30-38-94-64-98(106)90(68-102(94)110-42-14-4)34-26-82-50-72(8)46-78(58-82)22-18-17-21-77-45-71(7)49-81(57-77)24-32-88-66-100(108-40-12-2)92(62-96(88)104)36-28-84-52-73(9)51-83(59-84)27-35-91(99)61-95(87)103/h43-68,103-106H,11-14,39-42H2,1-10H3. The van der Waals surface area contributed by atoms with Crippen LogP contribution in [0.1, 0.15) is 86.8 Å². The molecule has 0 aliphatic rings. The lowest BCUT2D eigenvalue weighted by Crippen LogP contribution is -1.94. The smallest absolute Gasteiger partial charge is 0.136 e. The van der Waals surface area contributed by atoms with Gasteiger partial charge < -0.3 is 39.4 Å². The second-order valence-corrected chi connectivity index (χ2v) is 26.4. The van der Waals surface area contributed by atoms with E-state index in [1.54, 1.807) is 48.5 Å². The van der Waals surface area contributed by atoms with Gasteiger partial charge in [-0.1, -0.05) is 149 Å². The van der Waals surface area contributed by atoms with Crippen molar-refractivity contribution in [3.8, 4) is 46.0 Å². The molecule has 0 aliphatic carbocycles. The quantitative estimate of drug-likeness (QED) is 0.0956. The molecule has 0 saturated carbocycles. The Kier molecular flexibility index (Phi) is 25.6. The maximum Gasteiger partial charge on any atom is 0.136 e. The molecule has 20 bridgehead atoms. The Bertz CT molecular complexity index is 5290. The summed E-state index contributed by atoms with van der Waals surface area (Å²) in [7, 11) is 0. The van der Waals surface area contributed by atoms with Crippen LogP contribution in [0.25, 0.3) is 108 Å². The van der Waals surface area contributed by atoms with Crippen LogP contribution in [0.4, 0.5) is 0 Å². The second kappa shape index (κ2) is 36.8. The lowest BCUT2D eigenvalue weighted by atomic mass is 10.1. The average molecular weight is 1430 g/mol. The van der Waals surface area contributed by atoms with Crippen molar-refractivity contribution in [2.45, 2.75) is 94.9 Å². The summed E-state index contributed by atoms with van der Waals surface area (Å²) in [6, 6.07) is 124. The molecular formula is C102H76O8. The normalized spacial score (nSPS) is 9.84. The van der Waals surface area contributed by atoms with Gasteiger partial charge in [0.25, 0.3) is 0 Å². The molecule has 0 heterocycles. The Morgan fingerprint density at radius 3 is 0.509 bits per heavy atom. The van der Waals surface area contributed by atoms with E-state index in [2.05, 4.69) is 146 Å². The summed E-state index contributed by atoms with van der Waals surface area (Å²) in [5, 5.41) is 57.7. The van der Waals surface area contributed by atoms with Crippen molar-refractivity contribution in [1.82, 2.24) is 0 Å². The molecule has 532 valence electrons. The van der Waals surface area contributed by atoms with Crippen LogP contribution in [-0.4, -0.2) is 46.9 Å². The molecule has 20 rings (SSSR count). The maximum absolute atomic E-state index is 11.4. The fourth-order valence-corrected chi connectivity index (χ4v) is 11.5. The largest absolute Gasteiger partial charge is 0.507 e. The van der Waals surface area contributed by atoms with Crippen LogP contribution in [0.5, 0.6) is 46.0 Å². The molecule has 0 spiro atoms. The second-order valence-electron chi connectivity index (χ2n) is 26.4. The number of phenols is 4. The predicted octanol–water partition coefficient (Wildman–Crippen LogP) is 22.9. The van der Waals surface area contributed by atoms with Crippen LogP contribution < -0.4 is 18.9 Å². The van der Waals surface area contributed by atoms with Gasteiger partial charge in [0.2, 0.25) is 0 Å². The first kappa shape index (κ1) is 76.4. The number of benzene rings is 10. The fraction of sp³-hybridized carbons (Fsp3) is 0.176. The molecule has 20 aromatic rings. The Morgan fingerprint density at radius 2 is 0.345 bits per heavy atom. The molecule has 4 N–H and O–H groups in total. The number of aromatic hydroxyl groups is 4. The lowest BCUT2D eigenvalue weighted by molar-refractivity contribution is 0.321. The number of hydrogen-bond acceptors (Lipinski definition) is 8. The van der Waals surface area contributed by atoms with E-state index in [4.69, 9.17) is 18.9 Å². The first-order chi connectivity index (χ1) is 53.3. The van der Waals surface area contributed by atoms with Gasteiger partial charge in [-0.15, -0.1) is 0 Å². The first-order valence-corrected chi connectivity index (χ1v) is 36.2. The minimum Gasteiger partial charge on any atom is -0.507 e. The van der Waals surface area contributed by atoms with E-state index in [9.17, 15) is 20.4 Å². The summed E-state index contributed by atoms with van der Waals surface area (Å²) < 4.78 is 24.9. The van der Waals surface area contributed by atoms with E-state index in [1.165, 1.54) is 0 Å². The van der Waals surface area contributed by atoms with E-state index in [0.29, 0.717) is 136 Å². The first-order valence-electron chi connectivity index (χ1n) is 36.2. The molecule has 0 radical (unpaired) electrons. The molecule has 0 aromatic heterocycles. The van der Waals surface area contributed by atoms with Gasteiger partial charge in [-0.2, -0.15) is 0 Å². The van der Waals surface area contributed by atoms with Crippen molar-refractivity contribution in [1.29, 1.82) is 0 Å². The Balaban J connectivity index is 1.02. The van der Waals surface area contributed by atoms with Crippen LogP contribution >= 0.6 is 0 Å². The zero-order valence-electron chi connectivity index (χ0n) is 63.1. The third-order valence-corrected chi connectivity index (χ3v) is 16.4. The molecule has 0 amide bonds. The summed E-state index contributed by atoms with van der Waals surface area (Å²) in [6.45, 7) is 21.6. The van der Waals surface area contributed by atoms with Crippen molar-refractivity contribution in [3.63, 3.8) is 0 Å². The molecule has 20 aromatic carbocycles. The van der Waals surface area contributed by atoms with Gasteiger partial charge in [0.05, 0.1) is 69.5 Å². The van der Waals surface area contributed by atoms with E-state index in [-0.39, 0.29) is 23.0 Å². The molecular weight excluding hydrogens is 1350 g/mol. The highest BCUT2D eigenvalue weighted by atomic mass is 16.5. The predicted molar refractivity (Wildman–Crippen MR) is 439 cm³/mol. The van der Waals surface area contributed by atoms with Crippen LogP contribution in [0.15, 0.2) is 158 Å². The highest BCUT2D eigenvalue weighted by molar-refractivity contribution is 5.82. The topological polar surface area (TPSA) is 118 Å². The summed E-state index contributed by atoms with van der Waals surface area (Å²) in [6.07, 6.45) is 2.99. The number of hydrogen-bond donors (Lipinski definition) is 4. The minimum atomic E-state index is -0.0524. The van der Waals surface area contributed by atoms with Crippen molar-refractivity contribution in [3.05, 3.63) is 337 Å². The lowest BCUT2D eigenvalue weighted by Gasteiger charge is -2.06. The van der Waals surface area contributed by atoms with Gasteiger partial charge in [-0.3, -0.25) is 0 Å². The Morgan fingerprint density at radius 1 is 0.191 bits per heavy atom. The fourth-order valence-electron chi connectivity index (χ4n) is 11.5. The van der Waals surface area contributed by atoms with Gasteiger partial charge in [0.1, 0.15) is 46.0 Å². The van der Waals surface area contributed by atoms with Crippen LogP contribution in [0.3, 0.4) is 0 Å². The minimum absolute atomic E-state index is 0.0524. The summed E-state index contributed by atoms with van der Waals surface area (Å²) in [5.41, 5.74) is 5.65. The molecule has 8 heteroatoms. The zero-order valence-corrected chi connectivity index (χ0v) is 63.1. The molecule has 8 nitrogen and oxygen atoms in total. The molecule has 0 fully saturated rings. The third kappa shape index (κ3) is 21.7. The number of ether oxygens (including phenoxy) is 4. The van der Waals surface area contributed by atoms with Crippen molar-refractivity contribution in [2.24, 2.45) is 0 Å². The highest BCUT2D eigenvalue weighted by Gasteiger charge is 2.08. The third-order valence-electron chi connectivity index (χ3n) is 16.4. The molecule has 0 atom stereocenters. The number of aryl methyl sites for hydroxylation is 6. The van der Waals surface area contributed by atoms with Crippen molar-refractivity contribution in [2.75, 3.05) is 26.4 Å². The highest BCUT2D eigenvalue weighted by Crippen LogP contribution is 2.32. The molecule has 0 unspecified atom stereocenters. The number of rotatable bonds is 12. The molecule has 110 heavy (non-hydrogen) atoms. The SMILES string of the molecule is CCCOc1cc2c#cc3cc(C)cc(c#cc#cc4cc(C)cc(c#cc5cc(OCCC)c(c#cc6cc(C)cc(c#cc7cc(O)c(c#cc8cc(C)cc(c#cc#cc9cc(C)cc(c#cc%10cc(OCCC)c(c#cc%11cc(C)cc(c#cc1cc2O)c%11)cc%10O)c9)c8)cc7OCCC)c6)cc5O)c4)c3. The average Bonchev–Trinajstić information content (AvgIpc) is 0.834. The van der Waals surface area contributed by atoms with Gasteiger partial charge in [-0.25, -0.2) is 0 Å². The van der Waals surface area contributed by atoms with Crippen molar-refractivity contribution >= 4 is 108 Å². The van der Waals surface area contributed by atoms with Gasteiger partial charge in [-0.05, 0) is 234 Å². The van der Waals surface area contributed by atoms with E-state index in [1.807, 2.05) is 178 Å². The van der Waals surface area contributed by atoms with E-state index < -0.39 is 0 Å². The molecule has 0 saturated heterocycles. The van der Waals surface area contributed by atoms with Gasteiger partial charge >= 0.3 is 0 Å². The van der Waals surface area contributed by atoms with Crippen LogP contribution in [0, 0.1) is 187 Å². The summed E-state index contributed by atoms with van der Waals surface area (Å²) >= 11 is 0.